The molecule has 0 saturated heterocycles. The van der Waals surface area contributed by atoms with Gasteiger partial charge in [0, 0.05) is 8.95 Å². The molecule has 2 heteroatoms. The van der Waals surface area contributed by atoms with Crippen LogP contribution in [0.15, 0.2) is 167 Å². The summed E-state index contributed by atoms with van der Waals surface area (Å²) in [6.07, 6.45) is 0. The van der Waals surface area contributed by atoms with Gasteiger partial charge in [-0.2, -0.15) is 0 Å². The zero-order valence-electron chi connectivity index (χ0n) is 25.8. The second kappa shape index (κ2) is 10.8. The summed E-state index contributed by atoms with van der Waals surface area (Å²) in [5.74, 6) is 0. The molecule has 224 valence electrons. The summed E-state index contributed by atoms with van der Waals surface area (Å²) in [5, 5.41) is 15.4. The van der Waals surface area contributed by atoms with E-state index < -0.39 is 0 Å². The summed E-state index contributed by atoms with van der Waals surface area (Å²) in [7, 11) is 0. The molecule has 10 rings (SSSR count). The average molecular weight is 739 g/mol. The zero-order valence-corrected chi connectivity index (χ0v) is 28.9. The molecule has 0 fully saturated rings. The molecule has 0 nitrogen and oxygen atoms in total. The monoisotopic (exact) mass is 736 g/mol. The lowest BCUT2D eigenvalue weighted by molar-refractivity contribution is 1.60. The van der Waals surface area contributed by atoms with E-state index >= 15 is 0 Å². The van der Waals surface area contributed by atoms with Crippen molar-refractivity contribution in [3.8, 4) is 33.4 Å². The van der Waals surface area contributed by atoms with E-state index in [4.69, 9.17) is 0 Å². The Hall–Kier alpha value is -5.02. The van der Waals surface area contributed by atoms with E-state index in [-0.39, 0.29) is 0 Å². The van der Waals surface area contributed by atoms with Crippen molar-refractivity contribution in [3.05, 3.63) is 167 Å². The van der Waals surface area contributed by atoms with Gasteiger partial charge in [-0.05, 0) is 128 Å². The summed E-state index contributed by atoms with van der Waals surface area (Å²) in [4.78, 5) is 0. The Morgan fingerprint density at radius 1 is 0.292 bits per heavy atom. The predicted octanol–water partition coefficient (Wildman–Crippen LogP) is 14.6. The van der Waals surface area contributed by atoms with Crippen LogP contribution in [0.5, 0.6) is 0 Å². The highest BCUT2D eigenvalue weighted by Crippen LogP contribution is 2.52. The fraction of sp³-hybridized carbons (Fsp3) is 0. The van der Waals surface area contributed by atoms with Crippen LogP contribution in [0.25, 0.3) is 98.0 Å². The molecule has 0 heterocycles. The van der Waals surface area contributed by atoms with Gasteiger partial charge in [0.15, 0.2) is 0 Å². The van der Waals surface area contributed by atoms with Crippen LogP contribution in [0, 0.1) is 0 Å². The maximum absolute atomic E-state index is 3.72. The molecular formula is C46H26Br2. The van der Waals surface area contributed by atoms with Crippen molar-refractivity contribution in [2.75, 3.05) is 0 Å². The lowest BCUT2D eigenvalue weighted by Crippen LogP contribution is -1.96. The van der Waals surface area contributed by atoms with Gasteiger partial charge in [-0.15, -0.1) is 0 Å². The highest BCUT2D eigenvalue weighted by molar-refractivity contribution is 9.10. The topological polar surface area (TPSA) is 0 Å². The molecule has 0 unspecified atom stereocenters. The Morgan fingerprint density at radius 2 is 0.792 bits per heavy atom. The number of hydrogen-bond donors (Lipinski definition) is 0. The third-order valence-electron chi connectivity index (χ3n) is 10.1. The van der Waals surface area contributed by atoms with E-state index in [2.05, 4.69) is 190 Å². The molecule has 48 heavy (non-hydrogen) atoms. The van der Waals surface area contributed by atoms with Gasteiger partial charge in [0.1, 0.15) is 0 Å². The summed E-state index contributed by atoms with van der Waals surface area (Å²) < 4.78 is 2.14. The summed E-state index contributed by atoms with van der Waals surface area (Å²) in [6, 6.07) is 58.5. The van der Waals surface area contributed by atoms with E-state index in [9.17, 15) is 0 Å². The fourth-order valence-corrected chi connectivity index (χ4v) is 8.60. The van der Waals surface area contributed by atoms with Gasteiger partial charge in [-0.3, -0.25) is 0 Å². The van der Waals surface area contributed by atoms with E-state index in [1.807, 2.05) is 0 Å². The highest BCUT2D eigenvalue weighted by Gasteiger charge is 2.24. The van der Waals surface area contributed by atoms with Gasteiger partial charge >= 0.3 is 0 Å². The van der Waals surface area contributed by atoms with E-state index in [1.54, 1.807) is 0 Å². The molecule has 0 spiro atoms. The Bertz CT molecular complexity index is 2880. The standard InChI is InChI=1S/C46H26Br2/c47-33-22-18-28(19-23-33)39-26-40(36-11-3-7-29-15-14-27-6-1-2-10-35(27)41(29)36)44(32-20-24-34(48)25-21-32)46-38-13-5-9-31-17-16-30-8-4-12-37(45(39)46)42(30)43(31)38/h1-26H. The fourth-order valence-electron chi connectivity index (χ4n) is 8.07. The number of hydrogen-bond acceptors (Lipinski definition) is 0. The first-order chi connectivity index (χ1) is 23.6. The third-order valence-corrected chi connectivity index (χ3v) is 11.2. The summed E-state index contributed by atoms with van der Waals surface area (Å²) >= 11 is 7.43. The first-order valence-corrected chi connectivity index (χ1v) is 17.8. The smallest absolute Gasteiger partial charge is 0.0175 e. The molecule has 0 N–H and O–H groups in total. The van der Waals surface area contributed by atoms with Crippen LogP contribution in [0.4, 0.5) is 0 Å². The van der Waals surface area contributed by atoms with Gasteiger partial charge < -0.3 is 0 Å². The van der Waals surface area contributed by atoms with Gasteiger partial charge in [-0.25, -0.2) is 0 Å². The van der Waals surface area contributed by atoms with Crippen LogP contribution in [-0.2, 0) is 0 Å². The van der Waals surface area contributed by atoms with Crippen molar-refractivity contribution < 1.29 is 0 Å². The maximum atomic E-state index is 3.72. The van der Waals surface area contributed by atoms with Crippen LogP contribution in [0.2, 0.25) is 0 Å². The van der Waals surface area contributed by atoms with Crippen molar-refractivity contribution in [2.24, 2.45) is 0 Å². The Kier molecular flexibility index (Phi) is 6.28. The summed E-state index contributed by atoms with van der Waals surface area (Å²) in [6.45, 7) is 0. The lowest BCUT2D eigenvalue weighted by atomic mass is 9.79. The van der Waals surface area contributed by atoms with Crippen molar-refractivity contribution >= 4 is 96.5 Å². The molecule has 0 saturated carbocycles. The minimum Gasteiger partial charge on any atom is -0.0616 e. The molecule has 0 aliphatic heterocycles. The van der Waals surface area contributed by atoms with Crippen molar-refractivity contribution in [2.45, 2.75) is 0 Å². The average Bonchev–Trinajstić information content (AvgIpc) is 3.14. The van der Waals surface area contributed by atoms with Crippen molar-refractivity contribution in [1.29, 1.82) is 0 Å². The number of halogens is 2. The molecule has 0 aliphatic rings. The zero-order chi connectivity index (χ0) is 31.9. The van der Waals surface area contributed by atoms with Crippen LogP contribution in [-0.4, -0.2) is 0 Å². The second-order valence-electron chi connectivity index (χ2n) is 12.7. The molecule has 0 amide bonds. The van der Waals surface area contributed by atoms with E-state index in [0.717, 1.165) is 8.95 Å². The van der Waals surface area contributed by atoms with Crippen LogP contribution in [0.1, 0.15) is 0 Å². The molecular weight excluding hydrogens is 712 g/mol. The largest absolute Gasteiger partial charge is 0.0616 e. The lowest BCUT2D eigenvalue weighted by Gasteiger charge is -2.24. The second-order valence-corrected chi connectivity index (χ2v) is 14.5. The van der Waals surface area contributed by atoms with Crippen LogP contribution < -0.4 is 0 Å². The van der Waals surface area contributed by atoms with Crippen LogP contribution >= 0.6 is 31.9 Å². The Labute approximate surface area is 294 Å². The number of benzene rings is 10. The molecule has 0 bridgehead atoms. The molecule has 10 aromatic rings. The SMILES string of the molecule is Brc1ccc(-c2cc(-c3cccc4ccc5ccccc5c34)c(-c3ccc(Br)cc3)c3c4cccc5ccc6cccc(c23)c6c54)cc1. The maximum Gasteiger partial charge on any atom is 0.0175 e. The first-order valence-electron chi connectivity index (χ1n) is 16.2. The van der Waals surface area contributed by atoms with Crippen molar-refractivity contribution in [3.63, 3.8) is 0 Å². The van der Waals surface area contributed by atoms with Gasteiger partial charge in [0.05, 0.1) is 0 Å². The highest BCUT2D eigenvalue weighted by atomic mass is 79.9. The molecule has 0 radical (unpaired) electrons. The van der Waals surface area contributed by atoms with Gasteiger partial charge in [-0.1, -0.05) is 159 Å². The Morgan fingerprint density at radius 3 is 1.46 bits per heavy atom. The molecule has 0 aromatic heterocycles. The number of fused-ring (bicyclic) bond motifs is 6. The summed E-state index contributed by atoms with van der Waals surface area (Å²) in [5.41, 5.74) is 7.38. The minimum atomic E-state index is 1.07. The minimum absolute atomic E-state index is 1.07. The van der Waals surface area contributed by atoms with Gasteiger partial charge in [0.2, 0.25) is 0 Å². The normalized spacial score (nSPS) is 12.0. The van der Waals surface area contributed by atoms with Crippen LogP contribution in [0.3, 0.4) is 0 Å². The van der Waals surface area contributed by atoms with E-state index in [0.29, 0.717) is 0 Å². The number of rotatable bonds is 3. The van der Waals surface area contributed by atoms with Gasteiger partial charge in [0.25, 0.3) is 0 Å². The van der Waals surface area contributed by atoms with Crippen molar-refractivity contribution in [1.82, 2.24) is 0 Å². The molecule has 0 atom stereocenters. The predicted molar refractivity (Wildman–Crippen MR) is 214 cm³/mol. The molecule has 0 aliphatic carbocycles. The first kappa shape index (κ1) is 28.0. The third kappa shape index (κ3) is 4.13. The van der Waals surface area contributed by atoms with E-state index in [1.165, 1.54) is 98.0 Å². The quantitative estimate of drug-likeness (QED) is 0.125. The Balaban J connectivity index is 1.52. The molecule has 10 aromatic carbocycles.